The number of nitrogens with one attached hydrogen (secondary N) is 3. The summed E-state index contributed by atoms with van der Waals surface area (Å²) in [6, 6.07) is 12.3. The Morgan fingerprint density at radius 2 is 2.05 bits per heavy atom. The molecule has 0 radical (unpaired) electrons. The summed E-state index contributed by atoms with van der Waals surface area (Å²) in [6.07, 6.45) is 1.71. The van der Waals surface area contributed by atoms with E-state index in [1.807, 2.05) is 18.2 Å². The van der Waals surface area contributed by atoms with Crippen molar-refractivity contribution >= 4 is 57.9 Å². The van der Waals surface area contributed by atoms with Gasteiger partial charge < -0.3 is 29.6 Å². The lowest BCUT2D eigenvalue weighted by atomic mass is 9.96. The van der Waals surface area contributed by atoms with E-state index in [-0.39, 0.29) is 54.4 Å². The molecule has 1 unspecified atom stereocenters. The fourth-order valence-corrected chi connectivity index (χ4v) is 5.32. The number of aliphatic imine (C=N–C) groups is 1. The minimum absolute atomic E-state index is 0.0184. The summed E-state index contributed by atoms with van der Waals surface area (Å²) in [7, 11) is 0. The summed E-state index contributed by atoms with van der Waals surface area (Å²) >= 11 is 13.1. The van der Waals surface area contributed by atoms with Gasteiger partial charge in [-0.05, 0) is 42.3 Å². The third-order valence-corrected chi connectivity index (χ3v) is 7.49. The highest BCUT2D eigenvalue weighted by atomic mass is 35.5. The van der Waals surface area contributed by atoms with Crippen LogP contribution in [0.3, 0.4) is 0 Å². The Bertz CT molecular complexity index is 1780. The molecule has 4 aromatic rings. The van der Waals surface area contributed by atoms with Crippen LogP contribution in [-0.2, 0) is 17.9 Å². The topological polar surface area (TPSA) is 186 Å². The maximum absolute atomic E-state index is 13.2. The molecule has 2 aromatic carbocycles. The van der Waals surface area contributed by atoms with Gasteiger partial charge in [-0.25, -0.2) is 9.79 Å². The van der Waals surface area contributed by atoms with Crippen LogP contribution in [0.5, 0.6) is 0 Å². The van der Waals surface area contributed by atoms with E-state index in [1.165, 1.54) is 11.0 Å². The highest BCUT2D eigenvalue weighted by Crippen LogP contribution is 2.36. The molecule has 2 amide bonds. The molecule has 1 aliphatic heterocycles. The zero-order valence-electron chi connectivity index (χ0n) is 23.1. The van der Waals surface area contributed by atoms with Crippen LogP contribution in [-0.4, -0.2) is 58.0 Å². The van der Waals surface area contributed by atoms with Crippen molar-refractivity contribution in [1.82, 2.24) is 26.0 Å². The van der Waals surface area contributed by atoms with Gasteiger partial charge in [-0.1, -0.05) is 35.0 Å². The van der Waals surface area contributed by atoms with E-state index in [0.29, 0.717) is 28.2 Å². The van der Waals surface area contributed by atoms with Gasteiger partial charge in [0.25, 0.3) is 11.8 Å². The predicted octanol–water partition coefficient (Wildman–Crippen LogP) is 3.72. The smallest absolute Gasteiger partial charge is 0.328 e. The molecule has 5 rings (SSSR count). The predicted molar refractivity (Wildman–Crippen MR) is 159 cm³/mol. The molecule has 0 fully saturated rings. The van der Waals surface area contributed by atoms with E-state index in [4.69, 9.17) is 37.4 Å². The lowest BCUT2D eigenvalue weighted by Gasteiger charge is -2.32. The molecule has 3 heterocycles. The minimum Gasteiger partial charge on any atom is -0.480 e. The van der Waals surface area contributed by atoms with Crippen molar-refractivity contribution in [1.29, 1.82) is 5.26 Å². The SMILES string of the molecule is Cc1cc(CN=C(NC#N)NC[C@H](NC(=O)c2cc3c(cc2Cl)CN(C(=O)c2cc4ccccc4o2)CC3Cl)C(=O)O)no1. The number of hydrogen-bond donors (Lipinski definition) is 4. The van der Waals surface area contributed by atoms with Crippen LogP contribution in [0.15, 0.2) is 62.5 Å². The molecule has 2 aromatic heterocycles. The molecule has 2 atom stereocenters. The Labute approximate surface area is 260 Å². The lowest BCUT2D eigenvalue weighted by molar-refractivity contribution is -0.139. The molecular weight excluding hydrogens is 613 g/mol. The number of amides is 2. The summed E-state index contributed by atoms with van der Waals surface area (Å²) in [5.41, 5.74) is 2.35. The zero-order valence-corrected chi connectivity index (χ0v) is 24.6. The van der Waals surface area contributed by atoms with Crippen molar-refractivity contribution < 1.29 is 28.4 Å². The normalized spacial score (nSPS) is 15.3. The first-order chi connectivity index (χ1) is 21.1. The van der Waals surface area contributed by atoms with Crippen molar-refractivity contribution in [2.24, 2.45) is 4.99 Å². The average molecular weight is 638 g/mol. The van der Waals surface area contributed by atoms with Crippen LogP contribution >= 0.6 is 23.2 Å². The van der Waals surface area contributed by atoms with E-state index in [9.17, 15) is 19.5 Å². The Hall–Kier alpha value is -5.06. The Balaban J connectivity index is 1.27. The Morgan fingerprint density at radius 3 is 2.75 bits per heavy atom. The van der Waals surface area contributed by atoms with Gasteiger partial charge in [0.1, 0.15) is 23.1 Å². The first kappa shape index (κ1) is 30.4. The largest absolute Gasteiger partial charge is 0.480 e. The molecule has 0 aliphatic carbocycles. The van der Waals surface area contributed by atoms with Gasteiger partial charge in [-0.2, -0.15) is 5.26 Å². The number of aromatic nitrogens is 1. The number of carbonyl (C=O) groups excluding carboxylic acids is 2. The number of hydrogen-bond acceptors (Lipinski definition) is 8. The van der Waals surface area contributed by atoms with Gasteiger partial charge >= 0.3 is 5.97 Å². The molecule has 226 valence electrons. The van der Waals surface area contributed by atoms with Gasteiger partial charge in [0.2, 0.25) is 5.96 Å². The number of rotatable bonds is 8. The zero-order chi connectivity index (χ0) is 31.4. The average Bonchev–Trinajstić information content (AvgIpc) is 3.62. The maximum Gasteiger partial charge on any atom is 0.328 e. The Kier molecular flexibility index (Phi) is 9.03. The number of benzene rings is 2. The van der Waals surface area contributed by atoms with Gasteiger partial charge in [-0.15, -0.1) is 11.6 Å². The van der Waals surface area contributed by atoms with Crippen LogP contribution in [0.1, 0.15) is 48.9 Å². The molecule has 0 saturated heterocycles. The van der Waals surface area contributed by atoms with E-state index in [0.717, 1.165) is 5.39 Å². The van der Waals surface area contributed by atoms with Crippen LogP contribution in [0.2, 0.25) is 5.02 Å². The van der Waals surface area contributed by atoms with Crippen LogP contribution in [0.4, 0.5) is 0 Å². The summed E-state index contributed by atoms with van der Waals surface area (Å²) < 4.78 is 10.7. The second-order valence-electron chi connectivity index (χ2n) is 9.91. The number of carboxylic acids is 1. The summed E-state index contributed by atoms with van der Waals surface area (Å²) in [5, 5.41) is 30.2. The molecule has 0 bridgehead atoms. The number of furan rings is 1. The summed E-state index contributed by atoms with van der Waals surface area (Å²) in [6.45, 7) is 1.79. The molecule has 4 N–H and O–H groups in total. The number of alkyl halides is 1. The Morgan fingerprint density at radius 1 is 1.25 bits per heavy atom. The molecule has 44 heavy (non-hydrogen) atoms. The first-order valence-electron chi connectivity index (χ1n) is 13.3. The van der Waals surface area contributed by atoms with Crippen molar-refractivity contribution in [3.8, 4) is 6.19 Å². The number of carbonyl (C=O) groups is 3. The third kappa shape index (κ3) is 6.77. The molecule has 0 saturated carbocycles. The van der Waals surface area contributed by atoms with Crippen molar-refractivity contribution in [2.75, 3.05) is 13.1 Å². The maximum atomic E-state index is 13.2. The standard InChI is InChI=1S/C29H25Cl2N7O6/c1-15-6-18(37-44-15)10-33-29(35-14-32)34-11-23(28(41)42)36-26(39)20-9-19-17(7-21(20)30)12-38(13-22(19)31)27(40)25-8-16-4-2-3-5-24(16)43-25/h2-9,22-23H,10-13H2,1H3,(H,36,39)(H,41,42)(H2,33,34,35)/t22?,23-/m0/s1. The summed E-state index contributed by atoms with van der Waals surface area (Å²) in [5.74, 6) is -1.68. The van der Waals surface area contributed by atoms with Crippen LogP contribution < -0.4 is 16.0 Å². The van der Waals surface area contributed by atoms with E-state index < -0.39 is 23.3 Å². The number of fused-ring (bicyclic) bond motifs is 2. The molecule has 0 spiro atoms. The number of nitrogens with zero attached hydrogens (tertiary/aromatic N) is 4. The first-order valence-corrected chi connectivity index (χ1v) is 14.1. The lowest BCUT2D eigenvalue weighted by Crippen LogP contribution is -2.50. The number of para-hydroxylation sites is 1. The second kappa shape index (κ2) is 13.1. The number of halogens is 2. The van der Waals surface area contributed by atoms with Gasteiger partial charge in [0, 0.05) is 31.1 Å². The third-order valence-electron chi connectivity index (χ3n) is 6.80. The van der Waals surface area contributed by atoms with Gasteiger partial charge in [-0.3, -0.25) is 14.9 Å². The fraction of sp³-hybridized carbons (Fsp3) is 0.241. The van der Waals surface area contributed by atoms with Crippen molar-refractivity contribution in [2.45, 2.75) is 31.4 Å². The van der Waals surface area contributed by atoms with E-state index >= 15 is 0 Å². The highest BCUT2D eigenvalue weighted by Gasteiger charge is 2.31. The van der Waals surface area contributed by atoms with Crippen LogP contribution in [0.25, 0.3) is 11.0 Å². The second-order valence-corrected chi connectivity index (χ2v) is 10.8. The van der Waals surface area contributed by atoms with E-state index in [2.05, 4.69) is 26.1 Å². The highest BCUT2D eigenvalue weighted by molar-refractivity contribution is 6.34. The quantitative estimate of drug-likeness (QED) is 0.0729. The van der Waals surface area contributed by atoms with Crippen molar-refractivity contribution in [3.63, 3.8) is 0 Å². The molecule has 15 heteroatoms. The summed E-state index contributed by atoms with van der Waals surface area (Å²) in [4.78, 5) is 44.0. The molecule has 1 aliphatic rings. The number of aryl methyl sites for hydroxylation is 1. The number of carboxylic acid groups (broad SMARTS) is 1. The number of nitriles is 1. The van der Waals surface area contributed by atoms with Gasteiger partial charge in [0.15, 0.2) is 12.0 Å². The van der Waals surface area contributed by atoms with Gasteiger partial charge in [0.05, 0.1) is 22.5 Å². The van der Waals surface area contributed by atoms with Crippen LogP contribution in [0, 0.1) is 18.4 Å². The minimum atomic E-state index is -1.42. The monoisotopic (exact) mass is 637 g/mol. The van der Waals surface area contributed by atoms with E-state index in [1.54, 1.807) is 37.4 Å². The molecule has 13 nitrogen and oxygen atoms in total. The molecular formula is C29H25Cl2N7O6. The number of guanidine groups is 1. The fourth-order valence-electron chi connectivity index (χ4n) is 4.67. The van der Waals surface area contributed by atoms with Crippen molar-refractivity contribution in [3.05, 3.63) is 87.5 Å². The number of aliphatic carboxylic acids is 1.